The Morgan fingerprint density at radius 1 is 0.188 bits per heavy atom. The second-order valence-corrected chi connectivity index (χ2v) is 29.9. The molecule has 0 saturated heterocycles. The summed E-state index contributed by atoms with van der Waals surface area (Å²) in [5, 5.41) is 101. The molecule has 0 bridgehead atoms. The van der Waals surface area contributed by atoms with Crippen molar-refractivity contribution in [2.45, 2.75) is 0 Å². The molecule has 0 heterocycles. The molecule has 45 nitrogen and oxygen atoms in total. The number of carboxylic acids is 8. The van der Waals surface area contributed by atoms with Crippen LogP contribution in [0.3, 0.4) is 0 Å². The first-order valence-corrected chi connectivity index (χ1v) is 42.1. The Morgan fingerprint density at radius 2 is 0.336 bits per heavy atom. The molecule has 27 N–H and O–H groups in total. The van der Waals surface area contributed by atoms with Gasteiger partial charge in [-0.25, -0.2) is 38.4 Å². The van der Waals surface area contributed by atoms with Crippen molar-refractivity contribution in [1.29, 1.82) is 0 Å². The van der Waals surface area contributed by atoms with E-state index in [1.54, 1.807) is 109 Å². The summed E-state index contributed by atoms with van der Waals surface area (Å²) in [7, 11) is 0. The Balaban J connectivity index is 0.000000227. The first-order valence-electron chi connectivity index (χ1n) is 42.1. The smallest absolute Gasteiger partial charge is 0.335 e. The highest BCUT2D eigenvalue weighted by atomic mass is 16.5. The summed E-state index contributed by atoms with van der Waals surface area (Å²) < 4.78 is 13.6. The number of nitrogen functional groups attached to an aromatic ring is 5. The van der Waals surface area contributed by atoms with Crippen molar-refractivity contribution in [2.75, 3.05) is 71.2 Å². The molecule has 0 saturated carbocycles. The number of amides is 8. The highest BCUT2D eigenvalue weighted by Gasteiger charge is 2.24. The summed E-state index contributed by atoms with van der Waals surface area (Å²) in [6.45, 7) is 2.42. The van der Waals surface area contributed by atoms with Crippen LogP contribution in [0.25, 0.3) is 0 Å². The molecule has 0 aliphatic heterocycles. The van der Waals surface area contributed by atoms with Gasteiger partial charge in [-0.3, -0.25) is 52.7 Å². The molecule has 14 aromatic carbocycles. The molecule has 0 fully saturated rings. The van der Waals surface area contributed by atoms with Gasteiger partial charge in [-0.05, 0) is 303 Å². The number of ether oxygens (including phenoxy) is 3. The van der Waals surface area contributed by atoms with Gasteiger partial charge in [-0.2, -0.15) is 0 Å². The summed E-state index contributed by atoms with van der Waals surface area (Å²) in [5.41, 5.74) is 34.2. The normalized spacial score (nSPS) is 9.88. The number of hydrogen-bond acceptors (Lipinski definition) is 29. The predicted molar refractivity (Wildman–Crippen MR) is 540 cm³/mol. The molecule has 0 aromatic heterocycles. The van der Waals surface area contributed by atoms with E-state index in [9.17, 15) is 96.2 Å². The van der Waals surface area contributed by atoms with Gasteiger partial charge in [0.2, 0.25) is 0 Å². The van der Waals surface area contributed by atoms with Crippen LogP contribution in [0.4, 0.5) is 73.9 Å². The Kier molecular flexibility index (Phi) is 40.6. The zero-order chi connectivity index (χ0) is 109. The molecule has 0 aliphatic rings. The van der Waals surface area contributed by atoms with Crippen molar-refractivity contribution < 1.29 is 156 Å². The van der Waals surface area contributed by atoms with Gasteiger partial charge in [0.25, 0.3) is 66.7 Å². The van der Waals surface area contributed by atoms with Crippen molar-refractivity contribution in [3.05, 3.63) is 398 Å². The number of aromatic carboxylic acids is 8. The van der Waals surface area contributed by atoms with E-state index in [1.165, 1.54) is 176 Å². The van der Waals surface area contributed by atoms with Crippen molar-refractivity contribution in [3.63, 3.8) is 0 Å². The van der Waals surface area contributed by atoms with Crippen LogP contribution in [0.15, 0.2) is 309 Å². The lowest BCUT2D eigenvalue weighted by Gasteiger charge is -2.12. The third-order valence-electron chi connectivity index (χ3n) is 19.3. The maximum atomic E-state index is 13.1. The molecule has 149 heavy (non-hydrogen) atoms. The zero-order valence-electron chi connectivity index (χ0n) is 76.7. The van der Waals surface area contributed by atoms with E-state index in [2.05, 4.69) is 56.7 Å². The number of hydrogen-bond donors (Lipinski definition) is 22. The number of phenols is 1. The van der Waals surface area contributed by atoms with E-state index in [0.717, 1.165) is 24.3 Å². The van der Waals surface area contributed by atoms with Gasteiger partial charge in [0.05, 0.1) is 44.5 Å². The van der Waals surface area contributed by atoms with Crippen molar-refractivity contribution >= 4 is 195 Å². The molecule has 0 spiro atoms. The standard InChI is InChI=1S/C29H21N3O8.C27H24N6O3.2C15H12N2O5.C9H6O6.C8H6O4.CH2O/c33-24-11-9-23(10-12-24)32-27(36)20-14-18(25(34)30-21-5-1-16(2-6-21)28(37)38)13-19(15-20)26(35)31-22-7-3-17(4-8-22)29(39)40;28-19-1-7-22(8-2-19)31-25(34)16-13-17(26(35)32-23-9-3-20(29)4-10-23)15-18(14-16)27(36)33-24-11-5-21(30)6-12-24;16-11-1-3-12(4-2-11)17-14(19)9-5-10(15(20)21)7-13(6-9)22-8-18;16-11-3-1-9(2-4-11)14(19)17-12-5-10(15(20)21)6-13(7-12)22-8-18;10-4-15-7-2-5(8(11)12)1-6(3-7)9(13)14;9-7(10)5-1-2-6(4-3-5)8(11)12;1-2/h1-15,33H,(H,30,34)(H,31,35)(H,32,36)(H,37,38)(H,39,40);1-15H,28-30H2,(H,31,34)(H,32,35)(H,33,36);2*1-8H,16H2,(H,17,19)(H,20,21);1-4H,(H,11,12)(H,13,14);1-4H,(H,9,10)(H,11,12);1H2. The minimum atomic E-state index is -1.30. The van der Waals surface area contributed by atoms with E-state index in [0.29, 0.717) is 73.8 Å². The fourth-order valence-corrected chi connectivity index (χ4v) is 12.1. The number of aromatic hydroxyl groups is 1. The van der Waals surface area contributed by atoms with E-state index >= 15 is 0 Å². The van der Waals surface area contributed by atoms with Crippen LogP contribution in [-0.4, -0.2) is 167 Å². The molecule has 0 radical (unpaired) electrons. The van der Waals surface area contributed by atoms with Crippen LogP contribution in [-0.2, 0) is 19.2 Å². The highest BCUT2D eigenvalue weighted by molar-refractivity contribution is 6.16. The molecule has 0 atom stereocenters. The minimum absolute atomic E-state index is 0.00315. The Hall–Kier alpha value is -22.5. The molecule has 0 unspecified atom stereocenters. The lowest BCUT2D eigenvalue weighted by Crippen LogP contribution is -2.19. The zero-order valence-corrected chi connectivity index (χ0v) is 76.7. The van der Waals surface area contributed by atoms with Crippen LogP contribution < -0.4 is 85.4 Å². The minimum Gasteiger partial charge on any atom is -0.508 e. The highest BCUT2D eigenvalue weighted by Crippen LogP contribution is 2.28. The van der Waals surface area contributed by atoms with Gasteiger partial charge in [0.15, 0.2) is 0 Å². The van der Waals surface area contributed by atoms with Crippen LogP contribution >= 0.6 is 0 Å². The number of benzene rings is 14. The number of carbonyl (C=O) groups excluding carboxylic acids is 12. The second-order valence-electron chi connectivity index (χ2n) is 29.9. The summed E-state index contributed by atoms with van der Waals surface area (Å²) in [5.74, 6) is -14.0. The van der Waals surface area contributed by atoms with E-state index in [1.807, 2.05) is 6.79 Å². The van der Waals surface area contributed by atoms with Gasteiger partial charge in [-0.15, -0.1) is 0 Å². The Bertz CT molecular complexity index is 7020. The molecular weight excluding hydrogens is 1940 g/mol. The fourth-order valence-electron chi connectivity index (χ4n) is 12.1. The third kappa shape index (κ3) is 35.4. The van der Waals surface area contributed by atoms with E-state index in [4.69, 9.17) is 74.3 Å². The Labute approximate surface area is 839 Å². The second kappa shape index (κ2) is 54.2. The summed E-state index contributed by atoms with van der Waals surface area (Å²) in [6.07, 6.45) is 0. The number of carbonyl (C=O) groups is 20. The third-order valence-corrected chi connectivity index (χ3v) is 19.3. The first kappa shape index (κ1) is 112. The number of carboxylic acid groups (broad SMARTS) is 8. The van der Waals surface area contributed by atoms with Crippen molar-refractivity contribution in [3.8, 4) is 23.0 Å². The molecule has 14 aromatic rings. The van der Waals surface area contributed by atoms with Gasteiger partial charge >= 0.3 is 47.8 Å². The summed E-state index contributed by atoms with van der Waals surface area (Å²) >= 11 is 0. The monoisotopic (exact) mass is 2030 g/mol. The van der Waals surface area contributed by atoms with Crippen LogP contribution in [0.1, 0.15) is 166 Å². The Morgan fingerprint density at radius 3 is 0.557 bits per heavy atom. The molecule has 14 rings (SSSR count). The van der Waals surface area contributed by atoms with Gasteiger partial charge in [0.1, 0.15) is 29.8 Å². The molecule has 0 aliphatic carbocycles. The SMILES string of the molecule is C=O.Nc1ccc(C(=O)Nc2cc(OC=O)cc(C(=O)O)c2)cc1.Nc1ccc(NC(=O)c2cc(C(=O)Nc3ccc(N)cc3)cc(C(=O)Nc3ccc(N)cc3)c2)cc1.Nc1ccc(NC(=O)c2cc(OC=O)cc(C(=O)O)c2)cc1.O=C(O)c1ccc(C(=O)O)cc1.O=C(O)c1ccc(NC(=O)c2cc(C(=O)Nc3ccc(O)cc3)cc(C(=O)Nc3ccc(C(=O)O)cc3)c2)cc1.O=COc1cc(C(=O)O)cc(C(=O)O)c1. The molecule has 756 valence electrons. The maximum Gasteiger partial charge on any atom is 0.335 e. The molecule has 45 heteroatoms. The average molecular weight is 2030 g/mol. The number of nitrogens with two attached hydrogens (primary N) is 5. The van der Waals surface area contributed by atoms with Crippen molar-refractivity contribution in [1.82, 2.24) is 0 Å². The topological polar surface area (TPSA) is 778 Å². The van der Waals surface area contributed by atoms with Gasteiger partial charge in [-0.1, -0.05) is 0 Å². The van der Waals surface area contributed by atoms with Crippen LogP contribution in [0.2, 0.25) is 0 Å². The number of nitrogens with one attached hydrogen (secondary N) is 8. The van der Waals surface area contributed by atoms with Crippen LogP contribution in [0, 0.1) is 0 Å². The maximum absolute atomic E-state index is 13.1. The van der Waals surface area contributed by atoms with Gasteiger partial charge < -0.3 is 136 Å². The lowest BCUT2D eigenvalue weighted by molar-refractivity contribution is -0.121. The fraction of sp³-hybridized carbons (Fsp3) is 0. The number of rotatable bonds is 30. The first-order chi connectivity index (χ1) is 71.0. The summed E-state index contributed by atoms with van der Waals surface area (Å²) in [4.78, 5) is 227. The average Bonchev–Trinajstić information content (AvgIpc) is 0.784. The van der Waals surface area contributed by atoms with E-state index < -0.39 is 95.0 Å². The van der Waals surface area contributed by atoms with E-state index in [-0.39, 0.29) is 132 Å². The lowest BCUT2D eigenvalue weighted by atomic mass is 10.0. The molecule has 8 amide bonds. The van der Waals surface area contributed by atoms with Gasteiger partial charge in [0, 0.05) is 125 Å². The van der Waals surface area contributed by atoms with Crippen LogP contribution in [0.5, 0.6) is 23.0 Å². The molecular formula is C104H83N13O32. The largest absolute Gasteiger partial charge is 0.508 e. The number of phenolic OH excluding ortho intramolecular Hbond substituents is 1. The summed E-state index contributed by atoms with van der Waals surface area (Å²) in [6, 6.07) is 72.6. The number of anilines is 13. The quantitative estimate of drug-likeness (QED) is 0.0113. The predicted octanol–water partition coefficient (Wildman–Crippen LogP) is 13.8. The van der Waals surface area contributed by atoms with Crippen molar-refractivity contribution in [2.24, 2.45) is 0 Å².